The normalized spacial score (nSPS) is 14.2. The van der Waals surface area contributed by atoms with Crippen LogP contribution in [0.3, 0.4) is 0 Å². The molecule has 20 heavy (non-hydrogen) atoms. The molecule has 0 aliphatic carbocycles. The number of nitrogens with two attached hydrogens (primary N) is 1. The molecule has 8 heteroatoms. The quantitative estimate of drug-likeness (QED) is 0.794. The third-order valence-corrected chi connectivity index (χ3v) is 5.19. The minimum absolute atomic E-state index is 0.130. The minimum atomic E-state index is -0.446. The Balaban J connectivity index is 2.36. The van der Waals surface area contributed by atoms with E-state index in [-0.39, 0.29) is 11.8 Å². The number of anilines is 1. The maximum Gasteiger partial charge on any atom is 0.240 e. The molecule has 0 aromatic carbocycles. The molecule has 0 radical (unpaired) electrons. The van der Waals surface area contributed by atoms with Gasteiger partial charge in [0.15, 0.2) is 9.99 Å². The van der Waals surface area contributed by atoms with E-state index in [4.69, 9.17) is 5.73 Å². The molecule has 6 nitrogen and oxygen atoms in total. The van der Waals surface area contributed by atoms with Crippen molar-refractivity contribution in [1.29, 1.82) is 0 Å². The van der Waals surface area contributed by atoms with Crippen molar-refractivity contribution in [1.82, 2.24) is 15.0 Å². The Morgan fingerprint density at radius 3 is 2.90 bits per heavy atom. The number of rotatable bonds is 6. The zero-order valence-electron chi connectivity index (χ0n) is 11.6. The topological polar surface area (TPSA) is 93.8 Å². The highest BCUT2D eigenvalue weighted by atomic mass is 32.2. The number of hydrogen-bond acceptors (Lipinski definition) is 7. The van der Waals surface area contributed by atoms with Gasteiger partial charge in [0.05, 0.1) is 0 Å². The second kappa shape index (κ2) is 6.36. The molecule has 2 heterocycles. The van der Waals surface area contributed by atoms with Crippen LogP contribution in [0.25, 0.3) is 10.3 Å². The molecule has 0 aliphatic heterocycles. The molecule has 3 N–H and O–H groups in total. The number of aromatic nitrogens is 3. The summed E-state index contributed by atoms with van der Waals surface area (Å²) in [5.41, 5.74) is 6.12. The van der Waals surface area contributed by atoms with E-state index in [1.807, 2.05) is 20.1 Å². The number of carbonyl (C=O) groups is 1. The fourth-order valence-corrected chi connectivity index (χ4v) is 3.27. The standard InChI is InChI=1S/C12H17N5OS2/c1-4-6(2)7(9(13)18)16-10-8-11(15-5-14-10)17-12(19-3)20-8/h5-7H,4H2,1-3H3,(H2,13,18)(H,14,15,16). The monoisotopic (exact) mass is 311 g/mol. The molecule has 2 rings (SSSR count). The predicted molar refractivity (Wildman–Crippen MR) is 83.1 cm³/mol. The average Bonchev–Trinajstić information content (AvgIpc) is 2.87. The van der Waals surface area contributed by atoms with E-state index in [9.17, 15) is 4.79 Å². The minimum Gasteiger partial charge on any atom is -0.368 e. The Kier molecular flexibility index (Phi) is 4.77. The highest BCUT2D eigenvalue weighted by Crippen LogP contribution is 2.31. The van der Waals surface area contributed by atoms with Crippen LogP contribution in [0, 0.1) is 5.92 Å². The van der Waals surface area contributed by atoms with Crippen LogP contribution in [0.2, 0.25) is 0 Å². The Morgan fingerprint density at radius 2 is 2.30 bits per heavy atom. The number of nitrogens with zero attached hydrogens (tertiary/aromatic N) is 3. The number of thiazole rings is 1. The lowest BCUT2D eigenvalue weighted by atomic mass is 9.99. The maximum absolute atomic E-state index is 11.6. The van der Waals surface area contributed by atoms with E-state index in [1.165, 1.54) is 17.7 Å². The summed E-state index contributed by atoms with van der Waals surface area (Å²) < 4.78 is 1.77. The van der Waals surface area contributed by atoms with Crippen molar-refractivity contribution >= 4 is 45.2 Å². The second-order valence-electron chi connectivity index (χ2n) is 4.47. The van der Waals surface area contributed by atoms with Crippen LogP contribution in [-0.4, -0.2) is 33.2 Å². The van der Waals surface area contributed by atoms with Gasteiger partial charge in [0.25, 0.3) is 0 Å². The lowest BCUT2D eigenvalue weighted by Crippen LogP contribution is -2.40. The van der Waals surface area contributed by atoms with Crippen molar-refractivity contribution in [2.75, 3.05) is 11.6 Å². The second-order valence-corrected chi connectivity index (χ2v) is 6.52. The van der Waals surface area contributed by atoms with Gasteiger partial charge in [-0.25, -0.2) is 15.0 Å². The first-order valence-electron chi connectivity index (χ1n) is 6.28. The van der Waals surface area contributed by atoms with E-state index < -0.39 is 6.04 Å². The molecule has 0 aliphatic rings. The van der Waals surface area contributed by atoms with Gasteiger partial charge in [-0.05, 0) is 12.2 Å². The summed E-state index contributed by atoms with van der Waals surface area (Å²) in [7, 11) is 0. The van der Waals surface area contributed by atoms with Crippen molar-refractivity contribution in [2.45, 2.75) is 30.6 Å². The molecule has 2 aromatic heterocycles. The molecule has 2 atom stereocenters. The van der Waals surface area contributed by atoms with Gasteiger partial charge < -0.3 is 11.1 Å². The van der Waals surface area contributed by atoms with Crippen molar-refractivity contribution in [3.63, 3.8) is 0 Å². The third kappa shape index (κ3) is 3.01. The molecule has 1 amide bonds. The van der Waals surface area contributed by atoms with Crippen molar-refractivity contribution in [2.24, 2.45) is 11.7 Å². The van der Waals surface area contributed by atoms with Crippen LogP contribution >= 0.6 is 23.1 Å². The van der Waals surface area contributed by atoms with Gasteiger partial charge in [0, 0.05) is 0 Å². The Labute approximate surface area is 125 Å². The van der Waals surface area contributed by atoms with Gasteiger partial charge in [-0.15, -0.1) is 11.3 Å². The van der Waals surface area contributed by atoms with Crippen LogP contribution in [0.4, 0.5) is 5.82 Å². The molecule has 108 valence electrons. The van der Waals surface area contributed by atoms with Gasteiger partial charge in [-0.1, -0.05) is 32.0 Å². The summed E-state index contributed by atoms with van der Waals surface area (Å²) in [5, 5.41) is 3.15. The molecule has 0 bridgehead atoms. The van der Waals surface area contributed by atoms with E-state index in [1.54, 1.807) is 11.8 Å². The van der Waals surface area contributed by atoms with Crippen LogP contribution in [0.15, 0.2) is 10.7 Å². The smallest absolute Gasteiger partial charge is 0.240 e. The lowest BCUT2D eigenvalue weighted by molar-refractivity contribution is -0.119. The Morgan fingerprint density at radius 1 is 1.55 bits per heavy atom. The predicted octanol–water partition coefficient (Wildman–Crippen LogP) is 2.12. The molecular formula is C12H17N5OS2. The molecule has 0 spiro atoms. The van der Waals surface area contributed by atoms with Gasteiger partial charge in [-0.3, -0.25) is 4.79 Å². The molecule has 2 unspecified atom stereocenters. The summed E-state index contributed by atoms with van der Waals surface area (Å²) in [5.74, 6) is 0.378. The van der Waals surface area contributed by atoms with Crippen molar-refractivity contribution in [3.8, 4) is 0 Å². The number of nitrogens with one attached hydrogen (secondary N) is 1. The van der Waals surface area contributed by atoms with Crippen LogP contribution < -0.4 is 11.1 Å². The fourth-order valence-electron chi connectivity index (χ4n) is 1.80. The number of carbonyl (C=O) groups excluding carboxylic acids is 1. The van der Waals surface area contributed by atoms with Gasteiger partial charge in [0.2, 0.25) is 5.91 Å². The summed E-state index contributed by atoms with van der Waals surface area (Å²) >= 11 is 3.07. The van der Waals surface area contributed by atoms with Gasteiger partial charge in [-0.2, -0.15) is 0 Å². The number of primary amides is 1. The summed E-state index contributed by atoms with van der Waals surface area (Å²) in [6, 6.07) is -0.446. The molecule has 0 saturated carbocycles. The zero-order valence-corrected chi connectivity index (χ0v) is 13.2. The summed E-state index contributed by atoms with van der Waals surface area (Å²) in [4.78, 5) is 24.4. The third-order valence-electron chi connectivity index (χ3n) is 3.16. The van der Waals surface area contributed by atoms with E-state index in [2.05, 4.69) is 20.3 Å². The van der Waals surface area contributed by atoms with E-state index in [0.717, 1.165) is 15.5 Å². The van der Waals surface area contributed by atoms with Gasteiger partial charge in [0.1, 0.15) is 22.9 Å². The number of hydrogen-bond donors (Lipinski definition) is 2. The van der Waals surface area contributed by atoms with Gasteiger partial charge >= 0.3 is 0 Å². The van der Waals surface area contributed by atoms with Crippen LogP contribution in [-0.2, 0) is 4.79 Å². The zero-order chi connectivity index (χ0) is 14.7. The Hall–Kier alpha value is -1.41. The van der Waals surface area contributed by atoms with E-state index in [0.29, 0.717) is 11.5 Å². The van der Waals surface area contributed by atoms with Crippen LogP contribution in [0.5, 0.6) is 0 Å². The first-order valence-corrected chi connectivity index (χ1v) is 8.32. The molecule has 0 fully saturated rings. The highest BCUT2D eigenvalue weighted by molar-refractivity contribution is 8.00. The highest BCUT2D eigenvalue weighted by Gasteiger charge is 2.23. The maximum atomic E-state index is 11.6. The van der Waals surface area contributed by atoms with Crippen LogP contribution in [0.1, 0.15) is 20.3 Å². The molecule has 0 saturated heterocycles. The SMILES string of the molecule is CCC(C)C(Nc1ncnc2nc(SC)sc12)C(N)=O. The lowest BCUT2D eigenvalue weighted by Gasteiger charge is -2.21. The summed E-state index contributed by atoms with van der Waals surface area (Å²) in [6.07, 6.45) is 4.26. The van der Waals surface area contributed by atoms with Crippen molar-refractivity contribution in [3.05, 3.63) is 6.33 Å². The largest absolute Gasteiger partial charge is 0.368 e. The number of fused-ring (bicyclic) bond motifs is 1. The molecule has 2 aromatic rings. The average molecular weight is 311 g/mol. The number of amides is 1. The fraction of sp³-hybridized carbons (Fsp3) is 0.500. The van der Waals surface area contributed by atoms with Crippen molar-refractivity contribution < 1.29 is 4.79 Å². The summed E-state index contributed by atoms with van der Waals surface area (Å²) in [6.45, 7) is 4.01. The Bertz CT molecular complexity index is 615. The first kappa shape index (κ1) is 15.0. The van der Waals surface area contributed by atoms with E-state index >= 15 is 0 Å². The number of thioether (sulfide) groups is 1. The molecular weight excluding hydrogens is 294 g/mol. The first-order chi connectivity index (χ1) is 9.56.